The summed E-state index contributed by atoms with van der Waals surface area (Å²) in [6.07, 6.45) is 3.84. The Morgan fingerprint density at radius 1 is 1.06 bits per heavy atom. The third-order valence-corrected chi connectivity index (χ3v) is 6.02. The van der Waals surface area contributed by atoms with Gasteiger partial charge in [0.1, 0.15) is 5.82 Å². The van der Waals surface area contributed by atoms with E-state index in [2.05, 4.69) is 15.2 Å². The van der Waals surface area contributed by atoms with E-state index in [0.717, 1.165) is 49.3 Å². The third-order valence-electron chi connectivity index (χ3n) is 5.77. The lowest BCUT2D eigenvalue weighted by atomic mass is 9.90. The molecule has 1 amide bonds. The first-order valence-corrected chi connectivity index (χ1v) is 10.9. The zero-order chi connectivity index (χ0) is 21.6. The smallest absolute Gasteiger partial charge is 0.251 e. The Kier molecular flexibility index (Phi) is 6.95. The first-order chi connectivity index (χ1) is 15.1. The first kappa shape index (κ1) is 21.5. The van der Waals surface area contributed by atoms with Crippen LogP contribution in [0.1, 0.15) is 45.9 Å². The molecule has 2 heterocycles. The molecule has 1 aromatic heterocycles. The second-order valence-electron chi connectivity index (χ2n) is 7.91. The van der Waals surface area contributed by atoms with Crippen LogP contribution in [0.2, 0.25) is 5.02 Å². The van der Waals surface area contributed by atoms with Gasteiger partial charge in [0.15, 0.2) is 0 Å². The molecule has 0 spiro atoms. The Labute approximate surface area is 187 Å². The van der Waals surface area contributed by atoms with Crippen LogP contribution in [0.15, 0.2) is 66.9 Å². The second kappa shape index (κ2) is 10.0. The minimum Gasteiger partial charge on any atom is -0.348 e. The summed E-state index contributed by atoms with van der Waals surface area (Å²) < 4.78 is 13.1. The molecule has 0 aliphatic carbocycles. The van der Waals surface area contributed by atoms with Crippen LogP contribution in [0, 0.1) is 5.82 Å². The molecule has 1 N–H and O–H groups in total. The summed E-state index contributed by atoms with van der Waals surface area (Å²) in [4.78, 5) is 19.5. The molecule has 3 aromatic rings. The van der Waals surface area contributed by atoms with Crippen molar-refractivity contribution in [2.45, 2.75) is 31.8 Å². The number of nitrogens with zero attached hydrogens (tertiary/aromatic N) is 2. The van der Waals surface area contributed by atoms with E-state index in [0.29, 0.717) is 23.0 Å². The van der Waals surface area contributed by atoms with E-state index >= 15 is 0 Å². The summed E-state index contributed by atoms with van der Waals surface area (Å²) in [7, 11) is 0. The molecule has 31 heavy (non-hydrogen) atoms. The molecule has 1 saturated heterocycles. The van der Waals surface area contributed by atoms with E-state index in [9.17, 15) is 9.18 Å². The van der Waals surface area contributed by atoms with Crippen LogP contribution in [0.5, 0.6) is 0 Å². The molecule has 1 fully saturated rings. The van der Waals surface area contributed by atoms with Gasteiger partial charge in [-0.25, -0.2) is 4.39 Å². The van der Waals surface area contributed by atoms with Crippen LogP contribution >= 0.6 is 11.6 Å². The fourth-order valence-electron chi connectivity index (χ4n) is 4.06. The van der Waals surface area contributed by atoms with Crippen LogP contribution in [0.3, 0.4) is 0 Å². The summed E-state index contributed by atoms with van der Waals surface area (Å²) in [6.45, 7) is 3.21. The number of likely N-dealkylation sites (tertiary alicyclic amines) is 1. The summed E-state index contributed by atoms with van der Waals surface area (Å²) in [5.74, 6) is 0.0435. The van der Waals surface area contributed by atoms with Crippen molar-refractivity contribution < 1.29 is 9.18 Å². The zero-order valence-corrected chi connectivity index (χ0v) is 18.0. The third kappa shape index (κ3) is 5.69. The Morgan fingerprint density at radius 3 is 2.48 bits per heavy atom. The van der Waals surface area contributed by atoms with Crippen molar-refractivity contribution in [2.75, 3.05) is 13.1 Å². The highest BCUT2D eigenvalue weighted by molar-refractivity contribution is 6.30. The number of carbonyl (C=O) groups excluding carboxylic acids is 1. The zero-order valence-electron chi connectivity index (χ0n) is 17.2. The monoisotopic (exact) mass is 437 g/mol. The fourth-order valence-corrected chi connectivity index (χ4v) is 4.19. The second-order valence-corrected chi connectivity index (χ2v) is 8.35. The molecule has 0 saturated carbocycles. The summed E-state index contributed by atoms with van der Waals surface area (Å²) >= 11 is 5.90. The molecule has 0 radical (unpaired) electrons. The van der Waals surface area contributed by atoms with E-state index in [-0.39, 0.29) is 11.7 Å². The molecule has 6 heteroatoms. The van der Waals surface area contributed by atoms with Gasteiger partial charge in [0.05, 0.1) is 0 Å². The maximum Gasteiger partial charge on any atom is 0.251 e. The van der Waals surface area contributed by atoms with E-state index in [1.165, 1.54) is 12.1 Å². The molecule has 0 atom stereocenters. The van der Waals surface area contributed by atoms with Crippen molar-refractivity contribution in [3.05, 3.63) is 100 Å². The molecule has 2 aromatic carbocycles. The predicted molar refractivity (Wildman–Crippen MR) is 121 cm³/mol. The van der Waals surface area contributed by atoms with Crippen LogP contribution in [-0.2, 0) is 13.1 Å². The summed E-state index contributed by atoms with van der Waals surface area (Å²) in [6, 6.07) is 17.5. The van der Waals surface area contributed by atoms with Gasteiger partial charge in [-0.3, -0.25) is 14.7 Å². The van der Waals surface area contributed by atoms with Crippen LogP contribution < -0.4 is 5.32 Å². The average molecular weight is 438 g/mol. The number of benzene rings is 2. The van der Waals surface area contributed by atoms with E-state index < -0.39 is 0 Å². The van der Waals surface area contributed by atoms with Gasteiger partial charge in [-0.05, 0) is 79.5 Å². The topological polar surface area (TPSA) is 45.2 Å². The van der Waals surface area contributed by atoms with Gasteiger partial charge >= 0.3 is 0 Å². The number of hydrogen-bond donors (Lipinski definition) is 1. The van der Waals surface area contributed by atoms with Crippen LogP contribution in [0.4, 0.5) is 4.39 Å². The Morgan fingerprint density at radius 2 is 1.77 bits per heavy atom. The van der Waals surface area contributed by atoms with E-state index in [1.54, 1.807) is 24.3 Å². The van der Waals surface area contributed by atoms with Crippen LogP contribution in [-0.4, -0.2) is 28.9 Å². The van der Waals surface area contributed by atoms with Crippen molar-refractivity contribution in [1.82, 2.24) is 15.2 Å². The summed E-state index contributed by atoms with van der Waals surface area (Å²) in [5.41, 5.74) is 3.84. The number of carbonyl (C=O) groups is 1. The average Bonchev–Trinajstić information content (AvgIpc) is 2.80. The minimum atomic E-state index is -0.201. The lowest BCUT2D eigenvalue weighted by Crippen LogP contribution is -2.33. The first-order valence-electron chi connectivity index (χ1n) is 10.5. The molecular formula is C25H25ClFN3O. The van der Waals surface area contributed by atoms with Gasteiger partial charge < -0.3 is 5.32 Å². The van der Waals surface area contributed by atoms with Gasteiger partial charge in [-0.2, -0.15) is 0 Å². The SMILES string of the molecule is O=C(NCc1cccnc1C1CCN(Cc2ccc(F)cc2)CC1)c1ccc(Cl)cc1. The number of nitrogens with one attached hydrogen (secondary N) is 1. The van der Waals surface area contributed by atoms with Gasteiger partial charge in [-0.15, -0.1) is 0 Å². The predicted octanol–water partition coefficient (Wildman–Crippen LogP) is 5.18. The number of pyridine rings is 1. The number of halogens is 2. The van der Waals surface area contributed by atoms with Crippen molar-refractivity contribution in [3.8, 4) is 0 Å². The quantitative estimate of drug-likeness (QED) is 0.577. The van der Waals surface area contributed by atoms with Crippen molar-refractivity contribution >= 4 is 17.5 Å². The number of aromatic nitrogens is 1. The molecular weight excluding hydrogens is 413 g/mol. The highest BCUT2D eigenvalue weighted by Crippen LogP contribution is 2.29. The number of amides is 1. The number of hydrogen-bond acceptors (Lipinski definition) is 3. The van der Waals surface area contributed by atoms with Gasteiger partial charge in [0.25, 0.3) is 5.91 Å². The molecule has 0 bridgehead atoms. The lowest BCUT2D eigenvalue weighted by molar-refractivity contribution is 0.0950. The Balaban J connectivity index is 1.34. The molecule has 160 valence electrons. The maximum atomic E-state index is 13.1. The molecule has 1 aliphatic heterocycles. The molecule has 0 unspecified atom stereocenters. The standard InChI is InChI=1S/C25H25ClFN3O/c26-22-7-5-20(6-8-22)25(31)29-16-21-2-1-13-28-24(21)19-11-14-30(15-12-19)17-18-3-9-23(27)10-4-18/h1-10,13,19H,11-12,14-17H2,(H,29,31). The molecule has 1 aliphatic rings. The number of piperidine rings is 1. The Hall–Kier alpha value is -2.76. The van der Waals surface area contributed by atoms with Crippen molar-refractivity contribution in [1.29, 1.82) is 0 Å². The molecule has 4 nitrogen and oxygen atoms in total. The van der Waals surface area contributed by atoms with E-state index in [1.807, 2.05) is 30.5 Å². The van der Waals surface area contributed by atoms with Crippen LogP contribution in [0.25, 0.3) is 0 Å². The Bertz CT molecular complexity index is 1020. The van der Waals surface area contributed by atoms with E-state index in [4.69, 9.17) is 11.6 Å². The minimum absolute atomic E-state index is 0.124. The highest BCUT2D eigenvalue weighted by atomic mass is 35.5. The molecule has 4 rings (SSSR count). The summed E-state index contributed by atoms with van der Waals surface area (Å²) in [5, 5.41) is 3.61. The number of rotatable bonds is 6. The fraction of sp³-hybridized carbons (Fsp3) is 0.280. The van der Waals surface area contributed by atoms with Gasteiger partial charge in [0, 0.05) is 41.5 Å². The lowest BCUT2D eigenvalue weighted by Gasteiger charge is -2.32. The normalized spacial score (nSPS) is 15.0. The van der Waals surface area contributed by atoms with Gasteiger partial charge in [-0.1, -0.05) is 29.8 Å². The van der Waals surface area contributed by atoms with Gasteiger partial charge in [0.2, 0.25) is 0 Å². The maximum absolute atomic E-state index is 13.1. The van der Waals surface area contributed by atoms with Crippen molar-refractivity contribution in [2.24, 2.45) is 0 Å². The van der Waals surface area contributed by atoms with Crippen molar-refractivity contribution in [3.63, 3.8) is 0 Å². The highest BCUT2D eigenvalue weighted by Gasteiger charge is 2.23. The largest absolute Gasteiger partial charge is 0.348 e.